The van der Waals surface area contributed by atoms with E-state index in [1.807, 2.05) is 24.3 Å². The Balaban J connectivity index is 2.43. The Morgan fingerprint density at radius 1 is 1.00 bits per heavy atom. The summed E-state index contributed by atoms with van der Waals surface area (Å²) in [6.07, 6.45) is 4.35. The van der Waals surface area contributed by atoms with Crippen LogP contribution in [0.25, 0.3) is 0 Å². The van der Waals surface area contributed by atoms with Gasteiger partial charge >= 0.3 is 0 Å². The maximum absolute atomic E-state index is 5.92. The second kappa shape index (κ2) is 10.5. The molecule has 1 rings (SSSR count). The molecule has 0 aromatic heterocycles. The van der Waals surface area contributed by atoms with Crippen molar-refractivity contribution >= 4 is 0 Å². The molecule has 0 heterocycles. The Morgan fingerprint density at radius 3 is 2.14 bits per heavy atom. The van der Waals surface area contributed by atoms with Gasteiger partial charge in [-0.05, 0) is 31.4 Å². The first-order valence-electron chi connectivity index (χ1n) is 8.28. The number of nitrogens with one attached hydrogen (secondary N) is 1. The molecular formula is C18H31NO2. The highest BCUT2D eigenvalue weighted by atomic mass is 16.5. The van der Waals surface area contributed by atoms with E-state index in [0.717, 1.165) is 43.8 Å². The van der Waals surface area contributed by atoms with Crippen molar-refractivity contribution in [2.45, 2.75) is 65.5 Å². The number of hydrogen-bond acceptors (Lipinski definition) is 3. The molecule has 0 aliphatic carbocycles. The lowest BCUT2D eigenvalue weighted by Gasteiger charge is -2.20. The predicted molar refractivity (Wildman–Crippen MR) is 89.3 cm³/mol. The SMILES string of the molecule is CCCCOc1ccccc1OCCC(CC)NC(C)C. The monoisotopic (exact) mass is 293 g/mol. The van der Waals surface area contributed by atoms with Crippen LogP contribution < -0.4 is 14.8 Å². The third-order valence-corrected chi connectivity index (χ3v) is 3.39. The molecule has 1 aromatic rings. The number of benzene rings is 1. The summed E-state index contributed by atoms with van der Waals surface area (Å²) in [5.74, 6) is 1.71. The molecule has 0 radical (unpaired) electrons. The summed E-state index contributed by atoms with van der Waals surface area (Å²) in [4.78, 5) is 0. The first kappa shape index (κ1) is 17.8. The fourth-order valence-corrected chi connectivity index (χ4v) is 2.20. The second-order valence-electron chi connectivity index (χ2n) is 5.71. The summed E-state index contributed by atoms with van der Waals surface area (Å²) in [5.41, 5.74) is 0. The van der Waals surface area contributed by atoms with Crippen molar-refractivity contribution < 1.29 is 9.47 Å². The molecule has 120 valence electrons. The molecule has 0 aliphatic rings. The molecule has 21 heavy (non-hydrogen) atoms. The minimum absolute atomic E-state index is 0.512. The van der Waals surface area contributed by atoms with Crippen molar-refractivity contribution in [2.75, 3.05) is 13.2 Å². The molecule has 0 amide bonds. The number of hydrogen-bond donors (Lipinski definition) is 1. The number of rotatable bonds is 11. The molecular weight excluding hydrogens is 262 g/mol. The summed E-state index contributed by atoms with van der Waals surface area (Å²) in [7, 11) is 0. The fourth-order valence-electron chi connectivity index (χ4n) is 2.20. The minimum Gasteiger partial charge on any atom is -0.490 e. The van der Waals surface area contributed by atoms with Crippen molar-refractivity contribution in [3.8, 4) is 11.5 Å². The fraction of sp³-hybridized carbons (Fsp3) is 0.667. The zero-order valence-electron chi connectivity index (χ0n) is 14.0. The highest BCUT2D eigenvalue weighted by molar-refractivity contribution is 5.39. The Bertz CT molecular complexity index is 379. The lowest BCUT2D eigenvalue weighted by molar-refractivity contribution is 0.248. The zero-order chi connectivity index (χ0) is 15.5. The summed E-state index contributed by atoms with van der Waals surface area (Å²) >= 11 is 0. The van der Waals surface area contributed by atoms with Crippen molar-refractivity contribution in [3.05, 3.63) is 24.3 Å². The molecule has 0 saturated carbocycles. The number of unbranched alkanes of at least 4 members (excludes halogenated alkanes) is 1. The zero-order valence-corrected chi connectivity index (χ0v) is 14.0. The largest absolute Gasteiger partial charge is 0.490 e. The van der Waals surface area contributed by atoms with E-state index in [2.05, 4.69) is 33.0 Å². The molecule has 0 spiro atoms. The third-order valence-electron chi connectivity index (χ3n) is 3.39. The Morgan fingerprint density at radius 2 is 1.62 bits per heavy atom. The number of ether oxygens (including phenoxy) is 2. The van der Waals surface area contributed by atoms with Gasteiger partial charge in [0.05, 0.1) is 13.2 Å². The van der Waals surface area contributed by atoms with Gasteiger partial charge in [-0.25, -0.2) is 0 Å². The van der Waals surface area contributed by atoms with Crippen LogP contribution in [0.4, 0.5) is 0 Å². The molecule has 0 fully saturated rings. The highest BCUT2D eigenvalue weighted by Crippen LogP contribution is 2.26. The van der Waals surface area contributed by atoms with Gasteiger partial charge in [0.25, 0.3) is 0 Å². The van der Waals surface area contributed by atoms with Crippen LogP contribution in [0.1, 0.15) is 53.4 Å². The van der Waals surface area contributed by atoms with E-state index >= 15 is 0 Å². The van der Waals surface area contributed by atoms with Crippen LogP contribution in [0.3, 0.4) is 0 Å². The normalized spacial score (nSPS) is 12.4. The average Bonchev–Trinajstić information content (AvgIpc) is 2.47. The summed E-state index contributed by atoms with van der Waals surface area (Å²) in [6, 6.07) is 8.97. The van der Waals surface area contributed by atoms with Gasteiger partial charge < -0.3 is 14.8 Å². The molecule has 3 heteroatoms. The molecule has 0 bridgehead atoms. The van der Waals surface area contributed by atoms with E-state index in [4.69, 9.17) is 9.47 Å². The van der Waals surface area contributed by atoms with Gasteiger partial charge in [-0.3, -0.25) is 0 Å². The van der Waals surface area contributed by atoms with Crippen LogP contribution in [0.2, 0.25) is 0 Å². The Hall–Kier alpha value is -1.22. The van der Waals surface area contributed by atoms with Crippen LogP contribution in [0.5, 0.6) is 11.5 Å². The molecule has 1 atom stereocenters. The van der Waals surface area contributed by atoms with Gasteiger partial charge in [-0.2, -0.15) is 0 Å². The molecule has 1 unspecified atom stereocenters. The van der Waals surface area contributed by atoms with Crippen LogP contribution >= 0.6 is 0 Å². The molecule has 1 N–H and O–H groups in total. The van der Waals surface area contributed by atoms with E-state index in [-0.39, 0.29) is 0 Å². The molecule has 1 aromatic carbocycles. The van der Waals surface area contributed by atoms with Gasteiger partial charge in [0.15, 0.2) is 11.5 Å². The van der Waals surface area contributed by atoms with E-state index in [0.29, 0.717) is 18.7 Å². The van der Waals surface area contributed by atoms with Crippen LogP contribution in [-0.2, 0) is 0 Å². The van der Waals surface area contributed by atoms with Crippen molar-refractivity contribution in [1.29, 1.82) is 0 Å². The second-order valence-corrected chi connectivity index (χ2v) is 5.71. The first-order chi connectivity index (χ1) is 10.2. The molecule has 3 nitrogen and oxygen atoms in total. The maximum atomic E-state index is 5.92. The van der Waals surface area contributed by atoms with Crippen LogP contribution in [-0.4, -0.2) is 25.3 Å². The lowest BCUT2D eigenvalue weighted by atomic mass is 10.1. The summed E-state index contributed by atoms with van der Waals surface area (Å²) in [5, 5.41) is 3.56. The van der Waals surface area contributed by atoms with E-state index in [1.165, 1.54) is 0 Å². The average molecular weight is 293 g/mol. The Labute approximate surface area is 130 Å². The van der Waals surface area contributed by atoms with E-state index in [9.17, 15) is 0 Å². The van der Waals surface area contributed by atoms with Crippen molar-refractivity contribution in [2.24, 2.45) is 0 Å². The van der Waals surface area contributed by atoms with Gasteiger partial charge in [0, 0.05) is 12.1 Å². The summed E-state index contributed by atoms with van der Waals surface area (Å²) < 4.78 is 11.7. The standard InChI is InChI=1S/C18H31NO2/c1-5-7-13-20-17-10-8-9-11-18(17)21-14-12-16(6-2)19-15(3)4/h8-11,15-16,19H,5-7,12-14H2,1-4H3. The first-order valence-corrected chi connectivity index (χ1v) is 8.28. The predicted octanol–water partition coefficient (Wildman–Crippen LogP) is 4.41. The molecule has 0 aliphatic heterocycles. The van der Waals surface area contributed by atoms with Crippen molar-refractivity contribution in [1.82, 2.24) is 5.32 Å². The quantitative estimate of drug-likeness (QED) is 0.613. The van der Waals surface area contributed by atoms with Gasteiger partial charge in [-0.15, -0.1) is 0 Å². The van der Waals surface area contributed by atoms with Crippen LogP contribution in [0, 0.1) is 0 Å². The summed E-state index contributed by atoms with van der Waals surface area (Å²) in [6.45, 7) is 10.2. The topological polar surface area (TPSA) is 30.5 Å². The van der Waals surface area contributed by atoms with Gasteiger partial charge in [0.1, 0.15) is 0 Å². The highest BCUT2D eigenvalue weighted by Gasteiger charge is 2.09. The van der Waals surface area contributed by atoms with E-state index in [1.54, 1.807) is 0 Å². The maximum Gasteiger partial charge on any atom is 0.161 e. The third kappa shape index (κ3) is 7.37. The number of para-hydroxylation sites is 2. The smallest absolute Gasteiger partial charge is 0.161 e. The van der Waals surface area contributed by atoms with Gasteiger partial charge in [0.2, 0.25) is 0 Å². The van der Waals surface area contributed by atoms with Gasteiger partial charge in [-0.1, -0.05) is 46.2 Å². The molecule has 0 saturated heterocycles. The minimum atomic E-state index is 0.512. The van der Waals surface area contributed by atoms with Crippen LogP contribution in [0.15, 0.2) is 24.3 Å². The lowest BCUT2D eigenvalue weighted by Crippen LogP contribution is -2.35. The van der Waals surface area contributed by atoms with Crippen molar-refractivity contribution in [3.63, 3.8) is 0 Å². The van der Waals surface area contributed by atoms with E-state index < -0.39 is 0 Å². The Kier molecular flexibility index (Phi) is 8.91.